The van der Waals surface area contributed by atoms with Crippen molar-refractivity contribution in [1.82, 2.24) is 10.3 Å². The van der Waals surface area contributed by atoms with E-state index in [9.17, 15) is 9.59 Å². The normalized spacial score (nSPS) is 11.9. The number of hydrogen-bond acceptors (Lipinski definition) is 6. The van der Waals surface area contributed by atoms with Crippen LogP contribution in [0.15, 0.2) is 29.6 Å². The van der Waals surface area contributed by atoms with Crippen molar-refractivity contribution in [2.45, 2.75) is 46.4 Å². The second-order valence-electron chi connectivity index (χ2n) is 5.85. The molecule has 7 heteroatoms. The van der Waals surface area contributed by atoms with E-state index >= 15 is 0 Å². The fourth-order valence-electron chi connectivity index (χ4n) is 2.07. The van der Waals surface area contributed by atoms with Gasteiger partial charge in [0.05, 0.1) is 10.7 Å². The van der Waals surface area contributed by atoms with Gasteiger partial charge in [-0.15, -0.1) is 11.3 Å². The van der Waals surface area contributed by atoms with Crippen LogP contribution in [0.1, 0.15) is 41.8 Å². The van der Waals surface area contributed by atoms with Crippen LogP contribution in [0.25, 0.3) is 0 Å². The Morgan fingerprint density at radius 3 is 2.60 bits per heavy atom. The number of carbonyl (C=O) groups is 2. The fraction of sp³-hybridized carbons (Fsp3) is 0.389. The first-order valence-corrected chi connectivity index (χ1v) is 8.89. The number of rotatable bonds is 7. The lowest BCUT2D eigenvalue weighted by Crippen LogP contribution is -2.39. The molecule has 1 atom stereocenters. The Bertz CT molecular complexity index is 742. The van der Waals surface area contributed by atoms with Crippen LogP contribution in [-0.4, -0.2) is 29.0 Å². The monoisotopic (exact) mass is 362 g/mol. The topological polar surface area (TPSA) is 77.5 Å². The van der Waals surface area contributed by atoms with Crippen molar-refractivity contribution in [2.24, 2.45) is 0 Å². The molecule has 0 aliphatic rings. The van der Waals surface area contributed by atoms with Crippen molar-refractivity contribution >= 4 is 23.2 Å². The Morgan fingerprint density at radius 1 is 1.24 bits per heavy atom. The molecule has 6 nitrogen and oxygen atoms in total. The van der Waals surface area contributed by atoms with E-state index in [1.807, 2.05) is 26.2 Å². The predicted octanol–water partition coefficient (Wildman–Crippen LogP) is 3.10. The summed E-state index contributed by atoms with van der Waals surface area (Å²) in [7, 11) is 0. The van der Waals surface area contributed by atoms with Gasteiger partial charge < -0.3 is 14.8 Å². The molecule has 25 heavy (non-hydrogen) atoms. The third-order valence-corrected chi connectivity index (χ3v) is 4.06. The summed E-state index contributed by atoms with van der Waals surface area (Å²) in [6.45, 7) is 7.41. The zero-order valence-electron chi connectivity index (χ0n) is 14.7. The fourth-order valence-corrected chi connectivity index (χ4v) is 2.66. The van der Waals surface area contributed by atoms with Crippen LogP contribution in [-0.2, 0) is 16.1 Å². The molecular weight excluding hydrogens is 340 g/mol. The molecule has 1 aromatic heterocycles. The molecule has 134 valence electrons. The zero-order valence-corrected chi connectivity index (χ0v) is 15.6. The molecule has 0 radical (unpaired) electrons. The Hall–Kier alpha value is -2.41. The van der Waals surface area contributed by atoms with E-state index in [4.69, 9.17) is 9.47 Å². The summed E-state index contributed by atoms with van der Waals surface area (Å²) in [5, 5.41) is 5.57. The van der Waals surface area contributed by atoms with E-state index in [2.05, 4.69) is 10.3 Å². The van der Waals surface area contributed by atoms with E-state index in [-0.39, 0.29) is 24.1 Å². The lowest BCUT2D eigenvalue weighted by atomic mass is 10.2. The number of hydrogen-bond donors (Lipinski definition) is 1. The lowest BCUT2D eigenvalue weighted by Gasteiger charge is -2.16. The summed E-state index contributed by atoms with van der Waals surface area (Å²) in [5.41, 5.74) is 1.08. The molecule has 0 fully saturated rings. The van der Waals surface area contributed by atoms with Crippen LogP contribution < -0.4 is 10.1 Å². The maximum Gasteiger partial charge on any atom is 0.342 e. The van der Waals surface area contributed by atoms with Crippen molar-refractivity contribution in [3.05, 3.63) is 45.9 Å². The molecule has 1 N–H and O–H groups in total. The third-order valence-electron chi connectivity index (χ3n) is 3.23. The minimum atomic E-state index is -0.885. The van der Waals surface area contributed by atoms with Crippen molar-refractivity contribution in [1.29, 1.82) is 0 Å². The summed E-state index contributed by atoms with van der Waals surface area (Å²) in [4.78, 5) is 28.6. The number of carbonyl (C=O) groups excluding carboxylic acids is 2. The highest BCUT2D eigenvalue weighted by Crippen LogP contribution is 2.21. The molecule has 0 saturated carbocycles. The highest BCUT2D eigenvalue weighted by atomic mass is 32.1. The number of para-hydroxylation sites is 1. The zero-order chi connectivity index (χ0) is 18.4. The molecule has 1 heterocycles. The van der Waals surface area contributed by atoms with Gasteiger partial charge in [-0.1, -0.05) is 12.1 Å². The first kappa shape index (κ1) is 18.9. The number of ether oxygens (including phenoxy) is 2. The second-order valence-corrected chi connectivity index (χ2v) is 6.92. The molecule has 0 aliphatic carbocycles. The largest absolute Gasteiger partial charge is 0.486 e. The molecule has 2 rings (SSSR count). The smallest absolute Gasteiger partial charge is 0.342 e. The number of benzene rings is 1. The van der Waals surface area contributed by atoms with E-state index in [1.165, 1.54) is 18.3 Å². The van der Waals surface area contributed by atoms with Gasteiger partial charge in [0.15, 0.2) is 6.10 Å². The summed E-state index contributed by atoms with van der Waals surface area (Å²) in [6.07, 6.45) is -0.885. The predicted molar refractivity (Wildman–Crippen MR) is 95.8 cm³/mol. The number of esters is 1. The van der Waals surface area contributed by atoms with Crippen molar-refractivity contribution in [2.75, 3.05) is 0 Å². The summed E-state index contributed by atoms with van der Waals surface area (Å²) >= 11 is 1.54. The molecule has 0 saturated heterocycles. The average Bonchev–Trinajstić information content (AvgIpc) is 2.98. The van der Waals surface area contributed by atoms with Crippen LogP contribution in [0, 0.1) is 6.92 Å². The molecule has 0 aliphatic heterocycles. The maximum absolute atomic E-state index is 12.4. The van der Waals surface area contributed by atoms with Crippen LogP contribution in [0.2, 0.25) is 0 Å². The highest BCUT2D eigenvalue weighted by Gasteiger charge is 2.21. The second kappa shape index (κ2) is 8.62. The van der Waals surface area contributed by atoms with Gasteiger partial charge >= 0.3 is 5.97 Å². The highest BCUT2D eigenvalue weighted by molar-refractivity contribution is 7.09. The van der Waals surface area contributed by atoms with Gasteiger partial charge in [-0.2, -0.15) is 0 Å². The Kier molecular flexibility index (Phi) is 6.52. The van der Waals surface area contributed by atoms with Crippen molar-refractivity contribution in [3.8, 4) is 5.75 Å². The number of nitrogens with zero attached hydrogens (tertiary/aromatic N) is 1. The number of aromatic nitrogens is 1. The average molecular weight is 362 g/mol. The minimum absolute atomic E-state index is 0.0224. The number of nitrogens with one attached hydrogen (secondary N) is 1. The molecule has 1 aromatic carbocycles. The SMILES string of the molecule is Cc1nc(COc2ccccc2C(=O)O[C@@H](C)C(=O)NC(C)C)cs1. The van der Waals surface area contributed by atoms with Crippen LogP contribution in [0.5, 0.6) is 5.75 Å². The molecule has 0 spiro atoms. The summed E-state index contributed by atoms with van der Waals surface area (Å²) in [6, 6.07) is 6.76. The Morgan fingerprint density at radius 2 is 1.96 bits per heavy atom. The van der Waals surface area contributed by atoms with Gasteiger partial charge in [0.1, 0.15) is 17.9 Å². The lowest BCUT2D eigenvalue weighted by molar-refractivity contribution is -0.129. The number of aryl methyl sites for hydroxylation is 1. The van der Waals surface area contributed by atoms with Crippen molar-refractivity contribution < 1.29 is 19.1 Å². The number of thiazole rings is 1. The van der Waals surface area contributed by atoms with Gasteiger partial charge in [0.2, 0.25) is 0 Å². The van der Waals surface area contributed by atoms with Gasteiger partial charge in [0, 0.05) is 11.4 Å². The molecule has 2 aromatic rings. The Labute approximate surface area is 151 Å². The minimum Gasteiger partial charge on any atom is -0.486 e. The van der Waals surface area contributed by atoms with Crippen molar-refractivity contribution in [3.63, 3.8) is 0 Å². The molecule has 0 bridgehead atoms. The maximum atomic E-state index is 12.4. The molecule has 0 unspecified atom stereocenters. The van der Waals surface area contributed by atoms with E-state index in [0.717, 1.165) is 10.7 Å². The standard InChI is InChI=1S/C18H22N2O4S/c1-11(2)19-17(21)12(3)24-18(22)15-7-5-6-8-16(15)23-9-14-10-25-13(4)20-14/h5-8,10-12H,9H2,1-4H3,(H,19,21)/t12-/m0/s1. The van der Waals surface area contributed by atoms with E-state index in [1.54, 1.807) is 24.3 Å². The van der Waals surface area contributed by atoms with Crippen LogP contribution in [0.3, 0.4) is 0 Å². The first-order valence-electron chi connectivity index (χ1n) is 8.01. The van der Waals surface area contributed by atoms with Gasteiger partial charge in [-0.3, -0.25) is 4.79 Å². The summed E-state index contributed by atoms with van der Waals surface area (Å²) in [5.74, 6) is -0.536. The van der Waals surface area contributed by atoms with Crippen LogP contribution >= 0.6 is 11.3 Å². The van der Waals surface area contributed by atoms with Gasteiger partial charge in [-0.25, -0.2) is 9.78 Å². The molecular formula is C18H22N2O4S. The molecule has 1 amide bonds. The van der Waals surface area contributed by atoms with Crippen LogP contribution in [0.4, 0.5) is 0 Å². The number of amides is 1. The quantitative estimate of drug-likeness (QED) is 0.766. The first-order chi connectivity index (χ1) is 11.9. The van der Waals surface area contributed by atoms with E-state index < -0.39 is 12.1 Å². The van der Waals surface area contributed by atoms with Gasteiger partial charge in [0.25, 0.3) is 5.91 Å². The Balaban J connectivity index is 2.03. The van der Waals surface area contributed by atoms with Gasteiger partial charge in [-0.05, 0) is 39.8 Å². The van der Waals surface area contributed by atoms with E-state index in [0.29, 0.717) is 5.75 Å². The summed E-state index contributed by atoms with van der Waals surface area (Å²) < 4.78 is 11.0. The third kappa shape index (κ3) is 5.56.